The number of benzene rings is 3. The Morgan fingerprint density at radius 3 is 2.23 bits per heavy atom. The van der Waals surface area contributed by atoms with E-state index in [1.807, 2.05) is 13.8 Å². The molecule has 214 valence electrons. The Kier molecular flexibility index (Phi) is 11.4. The maximum atomic E-state index is 14.1. The molecule has 3 rings (SSSR count). The number of aryl methyl sites for hydroxylation is 1. The Labute approximate surface area is 247 Å². The first-order valence-electron chi connectivity index (χ1n) is 13.2. The summed E-state index contributed by atoms with van der Waals surface area (Å²) in [6.45, 7) is 5.66. The minimum absolute atomic E-state index is 0.0441. The van der Waals surface area contributed by atoms with Crippen LogP contribution in [0.15, 0.2) is 77.7 Å². The Hall–Kier alpha value is -3.07. The first-order valence-corrected chi connectivity index (χ1v) is 15.4. The molecule has 0 unspecified atom stereocenters. The summed E-state index contributed by atoms with van der Waals surface area (Å²) in [5.74, 6) is -0.816. The summed E-state index contributed by atoms with van der Waals surface area (Å²) < 4.78 is 28.9. The standard InChI is InChI=1S/C30H35Cl2N3O4S/c1-4-6-18-33-30(37)27(5-2)34(20-23-16-17-25(31)26(32)19-23)29(36)21-35(28-15-11-10-12-22(28)3)40(38,39)24-13-8-7-9-14-24/h7-17,19,27H,4-6,18,20-21H2,1-3H3,(H,33,37)/t27-/m0/s1. The molecule has 40 heavy (non-hydrogen) atoms. The third-order valence-electron chi connectivity index (χ3n) is 6.55. The van der Waals surface area contributed by atoms with E-state index in [1.54, 1.807) is 67.6 Å². The van der Waals surface area contributed by atoms with Crippen molar-refractivity contribution < 1.29 is 18.0 Å². The van der Waals surface area contributed by atoms with Crippen LogP contribution in [0.25, 0.3) is 0 Å². The number of carbonyl (C=O) groups is 2. The molecule has 0 aliphatic rings. The summed E-state index contributed by atoms with van der Waals surface area (Å²) in [6, 6.07) is 19.2. The summed E-state index contributed by atoms with van der Waals surface area (Å²) in [4.78, 5) is 28.8. The Morgan fingerprint density at radius 1 is 0.925 bits per heavy atom. The molecule has 0 saturated carbocycles. The lowest BCUT2D eigenvalue weighted by Crippen LogP contribution is -2.52. The highest BCUT2D eigenvalue weighted by Crippen LogP contribution is 2.28. The number of anilines is 1. The highest BCUT2D eigenvalue weighted by Gasteiger charge is 2.34. The molecule has 0 aromatic heterocycles. The SMILES string of the molecule is CCCCNC(=O)[C@H](CC)N(Cc1ccc(Cl)c(Cl)c1)C(=O)CN(c1ccccc1C)S(=O)(=O)c1ccccc1. The molecule has 2 amide bonds. The Bertz CT molecular complexity index is 1420. The van der Waals surface area contributed by atoms with Crippen LogP contribution in [0.4, 0.5) is 5.69 Å². The number of hydrogen-bond acceptors (Lipinski definition) is 4. The zero-order valence-electron chi connectivity index (χ0n) is 22.9. The van der Waals surface area contributed by atoms with Gasteiger partial charge in [-0.2, -0.15) is 0 Å². The zero-order chi connectivity index (χ0) is 29.3. The third kappa shape index (κ3) is 7.77. The molecule has 0 aliphatic carbocycles. The number of para-hydroxylation sites is 1. The van der Waals surface area contributed by atoms with Crippen LogP contribution in [-0.4, -0.2) is 44.3 Å². The molecular formula is C30H35Cl2N3O4S. The van der Waals surface area contributed by atoms with Gasteiger partial charge in [0.15, 0.2) is 0 Å². The average molecular weight is 605 g/mol. The van der Waals surface area contributed by atoms with Gasteiger partial charge in [0.2, 0.25) is 11.8 Å². The van der Waals surface area contributed by atoms with E-state index in [9.17, 15) is 18.0 Å². The van der Waals surface area contributed by atoms with E-state index in [0.717, 1.165) is 17.1 Å². The molecule has 1 atom stereocenters. The van der Waals surface area contributed by atoms with Gasteiger partial charge < -0.3 is 10.2 Å². The Morgan fingerprint density at radius 2 is 1.60 bits per heavy atom. The van der Waals surface area contributed by atoms with E-state index in [-0.39, 0.29) is 17.3 Å². The lowest BCUT2D eigenvalue weighted by atomic mass is 10.1. The van der Waals surface area contributed by atoms with Crippen LogP contribution in [0, 0.1) is 6.92 Å². The molecule has 10 heteroatoms. The van der Waals surface area contributed by atoms with Crippen molar-refractivity contribution in [2.45, 2.75) is 57.5 Å². The average Bonchev–Trinajstić information content (AvgIpc) is 2.94. The Balaban J connectivity index is 2.05. The predicted octanol–water partition coefficient (Wildman–Crippen LogP) is 6.22. The highest BCUT2D eigenvalue weighted by molar-refractivity contribution is 7.92. The maximum absolute atomic E-state index is 14.1. The molecular weight excluding hydrogens is 569 g/mol. The van der Waals surface area contributed by atoms with Crippen molar-refractivity contribution in [2.75, 3.05) is 17.4 Å². The highest BCUT2D eigenvalue weighted by atomic mass is 35.5. The largest absolute Gasteiger partial charge is 0.354 e. The van der Waals surface area contributed by atoms with E-state index in [4.69, 9.17) is 23.2 Å². The van der Waals surface area contributed by atoms with Crippen LogP contribution in [0.1, 0.15) is 44.2 Å². The number of rotatable bonds is 13. The van der Waals surface area contributed by atoms with Gasteiger partial charge in [0.1, 0.15) is 12.6 Å². The first-order chi connectivity index (χ1) is 19.1. The summed E-state index contributed by atoms with van der Waals surface area (Å²) >= 11 is 12.3. The van der Waals surface area contributed by atoms with Crippen molar-refractivity contribution in [3.63, 3.8) is 0 Å². The summed E-state index contributed by atoms with van der Waals surface area (Å²) in [6.07, 6.45) is 2.05. The molecule has 0 heterocycles. The molecule has 0 saturated heterocycles. The van der Waals surface area contributed by atoms with Gasteiger partial charge in [-0.1, -0.05) is 85.9 Å². The molecule has 7 nitrogen and oxygen atoms in total. The van der Waals surface area contributed by atoms with Crippen LogP contribution >= 0.6 is 23.2 Å². The molecule has 3 aromatic carbocycles. The number of amides is 2. The monoisotopic (exact) mass is 603 g/mol. The van der Waals surface area contributed by atoms with Crippen molar-refractivity contribution in [3.05, 3.63) is 94.0 Å². The number of unbranched alkanes of at least 4 members (excludes halogenated alkanes) is 1. The van der Waals surface area contributed by atoms with Crippen LogP contribution < -0.4 is 9.62 Å². The van der Waals surface area contributed by atoms with Crippen molar-refractivity contribution in [3.8, 4) is 0 Å². The molecule has 0 radical (unpaired) electrons. The molecule has 3 aromatic rings. The van der Waals surface area contributed by atoms with Crippen molar-refractivity contribution in [1.29, 1.82) is 0 Å². The summed E-state index contributed by atoms with van der Waals surface area (Å²) in [5.41, 5.74) is 1.74. The normalized spacial score (nSPS) is 12.0. The van der Waals surface area contributed by atoms with Crippen LogP contribution in [0.2, 0.25) is 10.0 Å². The van der Waals surface area contributed by atoms with Crippen molar-refractivity contribution >= 4 is 50.7 Å². The second-order valence-corrected chi connectivity index (χ2v) is 12.1. The second-order valence-electron chi connectivity index (χ2n) is 9.45. The number of carbonyl (C=O) groups excluding carboxylic acids is 2. The van der Waals surface area contributed by atoms with Gasteiger partial charge >= 0.3 is 0 Å². The van der Waals surface area contributed by atoms with Gasteiger partial charge in [0, 0.05) is 13.1 Å². The van der Waals surface area contributed by atoms with Crippen LogP contribution in [-0.2, 0) is 26.2 Å². The van der Waals surface area contributed by atoms with E-state index in [1.165, 1.54) is 17.0 Å². The molecule has 0 fully saturated rings. The number of nitrogens with zero attached hydrogens (tertiary/aromatic N) is 2. The van der Waals surface area contributed by atoms with Crippen molar-refractivity contribution in [1.82, 2.24) is 10.2 Å². The fourth-order valence-electron chi connectivity index (χ4n) is 4.34. The minimum atomic E-state index is -4.11. The summed E-state index contributed by atoms with van der Waals surface area (Å²) in [7, 11) is -4.11. The van der Waals surface area contributed by atoms with Gasteiger partial charge in [-0.05, 0) is 61.2 Å². The molecule has 0 spiro atoms. The topological polar surface area (TPSA) is 86.8 Å². The van der Waals surface area contributed by atoms with Gasteiger partial charge in [0.25, 0.3) is 10.0 Å². The fraction of sp³-hybridized carbons (Fsp3) is 0.333. The lowest BCUT2D eigenvalue weighted by Gasteiger charge is -2.33. The maximum Gasteiger partial charge on any atom is 0.264 e. The van der Waals surface area contributed by atoms with Gasteiger partial charge in [-0.3, -0.25) is 13.9 Å². The smallest absolute Gasteiger partial charge is 0.264 e. The zero-order valence-corrected chi connectivity index (χ0v) is 25.3. The second kappa shape index (κ2) is 14.5. The van der Waals surface area contributed by atoms with Gasteiger partial charge in [0.05, 0.1) is 20.6 Å². The van der Waals surface area contributed by atoms with E-state index < -0.39 is 28.5 Å². The van der Waals surface area contributed by atoms with E-state index >= 15 is 0 Å². The summed E-state index contributed by atoms with van der Waals surface area (Å²) in [5, 5.41) is 3.60. The fourth-order valence-corrected chi connectivity index (χ4v) is 6.16. The lowest BCUT2D eigenvalue weighted by molar-refractivity contribution is -0.140. The number of halogens is 2. The van der Waals surface area contributed by atoms with E-state index in [2.05, 4.69) is 5.32 Å². The van der Waals surface area contributed by atoms with Crippen LogP contribution in [0.5, 0.6) is 0 Å². The molecule has 0 aliphatic heterocycles. The minimum Gasteiger partial charge on any atom is -0.354 e. The first kappa shape index (κ1) is 31.5. The van der Waals surface area contributed by atoms with Crippen LogP contribution in [0.3, 0.4) is 0 Å². The number of nitrogens with one attached hydrogen (secondary N) is 1. The molecule has 1 N–H and O–H groups in total. The van der Waals surface area contributed by atoms with E-state index in [0.29, 0.717) is 39.8 Å². The van der Waals surface area contributed by atoms with Gasteiger partial charge in [-0.15, -0.1) is 0 Å². The van der Waals surface area contributed by atoms with Crippen molar-refractivity contribution in [2.24, 2.45) is 0 Å². The van der Waals surface area contributed by atoms with Gasteiger partial charge in [-0.25, -0.2) is 8.42 Å². The molecule has 0 bridgehead atoms. The predicted molar refractivity (Wildman–Crippen MR) is 161 cm³/mol. The number of sulfonamides is 1. The number of hydrogen-bond donors (Lipinski definition) is 1. The third-order valence-corrected chi connectivity index (χ3v) is 9.06. The quantitative estimate of drug-likeness (QED) is 0.235.